The molecule has 0 aromatic heterocycles. The summed E-state index contributed by atoms with van der Waals surface area (Å²) < 4.78 is 24.3. The zero-order chi connectivity index (χ0) is 23.6. The Bertz CT molecular complexity index is 1190. The maximum absolute atomic E-state index is 13.5. The van der Waals surface area contributed by atoms with Crippen LogP contribution in [0.25, 0.3) is 0 Å². The Morgan fingerprint density at radius 1 is 0.812 bits per heavy atom. The van der Waals surface area contributed by atoms with Gasteiger partial charge in [-0.15, -0.1) is 0 Å². The van der Waals surface area contributed by atoms with Crippen molar-refractivity contribution in [3.8, 4) is 11.5 Å². The van der Waals surface area contributed by atoms with Gasteiger partial charge in [-0.3, -0.25) is 9.59 Å². The van der Waals surface area contributed by atoms with Crippen LogP contribution in [0.4, 0.5) is 0 Å². The van der Waals surface area contributed by atoms with E-state index in [9.17, 15) is 14.2 Å². The van der Waals surface area contributed by atoms with E-state index in [0.29, 0.717) is 11.1 Å². The molecule has 0 aliphatic carbocycles. The van der Waals surface area contributed by atoms with Gasteiger partial charge in [-0.2, -0.15) is 0 Å². The molecule has 0 saturated carbocycles. The highest BCUT2D eigenvalue weighted by Gasteiger charge is 2.34. The Balaban J connectivity index is 2.25. The number of aryl methyl sites for hydroxylation is 1. The molecular weight excluding hydrogens is 494 g/mol. The molecule has 0 aliphatic rings. The summed E-state index contributed by atoms with van der Waals surface area (Å²) in [6.45, 7) is 1.68. The summed E-state index contributed by atoms with van der Waals surface area (Å²) in [6, 6.07) is 13.3. The van der Waals surface area contributed by atoms with Crippen LogP contribution in [0.2, 0.25) is 15.1 Å². The maximum Gasteiger partial charge on any atom is 0.224 e. The standard InChI is InChI=1S/C23H18Cl3O5P/c1-12-8-7-11-14(24)15(12)23(28)32(29)22-20(30-2)17(25)16(18(26)21(22)31-3)19(27)13-9-5-4-6-10-13/h4-11,32H,1-3H3. The fraction of sp³-hybridized carbons (Fsp3) is 0.130. The second-order valence-corrected chi connectivity index (χ2v) is 9.51. The number of halogens is 3. The summed E-state index contributed by atoms with van der Waals surface area (Å²) in [5.74, 6) is -0.708. The van der Waals surface area contributed by atoms with Crippen LogP contribution in [0.3, 0.4) is 0 Å². The molecule has 1 atom stereocenters. The van der Waals surface area contributed by atoms with E-state index >= 15 is 0 Å². The fourth-order valence-corrected chi connectivity index (χ4v) is 6.27. The SMILES string of the molecule is COc1c(Cl)c(C(=O)c2ccccc2)c(Cl)c(OC)c1[PH](=O)C(=O)c1c(C)cccc1Cl. The van der Waals surface area contributed by atoms with E-state index in [0.717, 1.165) is 0 Å². The van der Waals surface area contributed by atoms with Crippen molar-refractivity contribution in [1.82, 2.24) is 0 Å². The second-order valence-electron chi connectivity index (χ2n) is 6.73. The molecule has 0 bridgehead atoms. The smallest absolute Gasteiger partial charge is 0.224 e. The number of carbonyl (C=O) groups excluding carboxylic acids is 2. The zero-order valence-corrected chi connectivity index (χ0v) is 20.6. The fourth-order valence-electron chi connectivity index (χ4n) is 3.32. The van der Waals surface area contributed by atoms with Gasteiger partial charge >= 0.3 is 0 Å². The zero-order valence-electron chi connectivity index (χ0n) is 17.3. The largest absolute Gasteiger partial charge is 0.494 e. The molecule has 0 amide bonds. The summed E-state index contributed by atoms with van der Waals surface area (Å²) in [7, 11) is -0.705. The molecule has 9 heteroatoms. The van der Waals surface area contributed by atoms with Crippen molar-refractivity contribution >= 4 is 59.2 Å². The number of ether oxygens (including phenoxy) is 2. The van der Waals surface area contributed by atoms with Crippen LogP contribution in [0.15, 0.2) is 48.5 Å². The molecular formula is C23H18Cl3O5P. The van der Waals surface area contributed by atoms with Gasteiger partial charge in [-0.05, 0) is 18.6 Å². The van der Waals surface area contributed by atoms with Crippen LogP contribution in [-0.4, -0.2) is 25.5 Å². The number of methoxy groups -OCH3 is 2. The van der Waals surface area contributed by atoms with Gasteiger partial charge in [0.1, 0.15) is 5.30 Å². The molecule has 166 valence electrons. The molecule has 3 aromatic carbocycles. The molecule has 0 aliphatic heterocycles. The minimum Gasteiger partial charge on any atom is -0.494 e. The summed E-state index contributed by atoms with van der Waals surface area (Å²) in [5, 5.41) is -0.267. The number of ketones is 1. The molecule has 0 radical (unpaired) electrons. The van der Waals surface area contributed by atoms with Crippen LogP contribution in [-0.2, 0) is 4.57 Å². The molecule has 0 heterocycles. The lowest BCUT2D eigenvalue weighted by atomic mass is 10.0. The lowest BCUT2D eigenvalue weighted by molar-refractivity contribution is 0.103. The Hall–Kier alpha value is -2.30. The van der Waals surface area contributed by atoms with Crippen LogP contribution in [0, 0.1) is 6.92 Å². The van der Waals surface area contributed by atoms with Crippen molar-refractivity contribution < 1.29 is 23.6 Å². The third-order valence-corrected chi connectivity index (χ3v) is 7.45. The van der Waals surface area contributed by atoms with Crippen LogP contribution in [0.5, 0.6) is 11.5 Å². The van der Waals surface area contributed by atoms with E-state index in [4.69, 9.17) is 44.3 Å². The molecule has 3 rings (SSSR count). The van der Waals surface area contributed by atoms with E-state index in [-0.39, 0.29) is 43.0 Å². The number of hydrogen-bond donors (Lipinski definition) is 0. The van der Waals surface area contributed by atoms with E-state index in [1.54, 1.807) is 49.4 Å². The van der Waals surface area contributed by atoms with Gasteiger partial charge in [0, 0.05) is 11.1 Å². The van der Waals surface area contributed by atoms with E-state index in [1.807, 2.05) is 0 Å². The summed E-state index contributed by atoms with van der Waals surface area (Å²) >= 11 is 19.2. The number of benzene rings is 3. The van der Waals surface area contributed by atoms with Crippen LogP contribution < -0.4 is 14.8 Å². The highest BCUT2D eigenvalue weighted by atomic mass is 35.5. The lowest BCUT2D eigenvalue weighted by Crippen LogP contribution is -2.16. The molecule has 3 aromatic rings. The first-order chi connectivity index (χ1) is 15.2. The molecule has 5 nitrogen and oxygen atoms in total. The van der Waals surface area contributed by atoms with E-state index in [1.165, 1.54) is 20.3 Å². The first kappa shape index (κ1) is 24.3. The molecule has 0 N–H and O–H groups in total. The van der Waals surface area contributed by atoms with Crippen molar-refractivity contribution in [2.45, 2.75) is 6.92 Å². The minimum absolute atomic E-state index is 0.0758. The van der Waals surface area contributed by atoms with Crippen LogP contribution in [0.1, 0.15) is 31.8 Å². The Kier molecular flexibility index (Phi) is 7.68. The van der Waals surface area contributed by atoms with Crippen molar-refractivity contribution in [1.29, 1.82) is 0 Å². The average molecular weight is 512 g/mol. The average Bonchev–Trinajstić information content (AvgIpc) is 2.78. The molecule has 0 saturated heterocycles. The Morgan fingerprint density at radius 3 is 1.88 bits per heavy atom. The van der Waals surface area contributed by atoms with Gasteiger partial charge in [-0.25, -0.2) is 0 Å². The normalized spacial score (nSPS) is 11.7. The maximum atomic E-state index is 13.5. The van der Waals surface area contributed by atoms with Gasteiger partial charge in [0.25, 0.3) is 0 Å². The summed E-state index contributed by atoms with van der Waals surface area (Å²) in [4.78, 5) is 26.3. The number of hydrogen-bond acceptors (Lipinski definition) is 5. The quantitative estimate of drug-likeness (QED) is 0.278. The summed E-state index contributed by atoms with van der Waals surface area (Å²) in [6.07, 6.45) is 0. The second kappa shape index (κ2) is 10.1. The van der Waals surface area contributed by atoms with Crippen molar-refractivity contribution in [3.63, 3.8) is 0 Å². The van der Waals surface area contributed by atoms with Crippen molar-refractivity contribution in [3.05, 3.63) is 85.9 Å². The molecule has 0 fully saturated rings. The van der Waals surface area contributed by atoms with Gasteiger partial charge in [0.05, 0.1) is 34.9 Å². The third-order valence-electron chi connectivity index (χ3n) is 4.85. The van der Waals surface area contributed by atoms with Gasteiger partial charge in [-0.1, -0.05) is 77.3 Å². The minimum atomic E-state index is -3.28. The molecule has 1 unspecified atom stereocenters. The monoisotopic (exact) mass is 510 g/mol. The first-order valence-corrected chi connectivity index (χ1v) is 11.9. The van der Waals surface area contributed by atoms with E-state index < -0.39 is 19.1 Å². The topological polar surface area (TPSA) is 69.7 Å². The number of carbonyl (C=O) groups is 2. The predicted molar refractivity (Wildman–Crippen MR) is 129 cm³/mol. The van der Waals surface area contributed by atoms with Gasteiger partial charge < -0.3 is 14.0 Å². The number of rotatable bonds is 7. The molecule has 32 heavy (non-hydrogen) atoms. The van der Waals surface area contributed by atoms with Crippen molar-refractivity contribution in [2.24, 2.45) is 0 Å². The first-order valence-electron chi connectivity index (χ1n) is 9.31. The Labute approximate surface area is 201 Å². The summed E-state index contributed by atoms with van der Waals surface area (Å²) in [5.41, 5.74) is 0.242. The predicted octanol–water partition coefficient (Wildman–Crippen LogP) is 6.23. The third kappa shape index (κ3) is 4.31. The van der Waals surface area contributed by atoms with Crippen molar-refractivity contribution in [2.75, 3.05) is 14.2 Å². The lowest BCUT2D eigenvalue weighted by Gasteiger charge is -2.19. The van der Waals surface area contributed by atoms with Gasteiger partial charge in [0.2, 0.25) is 5.52 Å². The molecule has 0 spiro atoms. The van der Waals surface area contributed by atoms with Crippen LogP contribution >= 0.6 is 42.6 Å². The highest BCUT2D eigenvalue weighted by Crippen LogP contribution is 2.46. The van der Waals surface area contributed by atoms with Gasteiger partial charge in [0.15, 0.2) is 25.1 Å². The highest BCUT2D eigenvalue weighted by molar-refractivity contribution is 7.72. The van der Waals surface area contributed by atoms with E-state index in [2.05, 4.69) is 0 Å². The Morgan fingerprint density at radius 2 is 1.38 bits per heavy atom.